The van der Waals surface area contributed by atoms with E-state index in [1.54, 1.807) is 38.5 Å². The van der Waals surface area contributed by atoms with Crippen LogP contribution in [0.3, 0.4) is 0 Å². The Morgan fingerprint density at radius 1 is 1.04 bits per heavy atom. The zero-order valence-electron chi connectivity index (χ0n) is 16.1. The standard InChI is InChI=1S/C21H23N3O4/c1-26-18-7-5-4-6-17(18)24-21(25)16(13-22)14-23-11-10-15-8-9-19(27-2)20(12-15)28-3/h4-9,12,14,23H,10-11H2,1-3H3,(H,24,25)/b16-14-. The van der Waals surface area contributed by atoms with E-state index in [9.17, 15) is 10.1 Å². The number of rotatable bonds is 9. The average molecular weight is 381 g/mol. The minimum atomic E-state index is -0.509. The van der Waals surface area contributed by atoms with Gasteiger partial charge < -0.3 is 24.8 Å². The van der Waals surface area contributed by atoms with Gasteiger partial charge in [-0.1, -0.05) is 18.2 Å². The summed E-state index contributed by atoms with van der Waals surface area (Å²) in [5.74, 6) is 1.34. The van der Waals surface area contributed by atoms with E-state index < -0.39 is 5.91 Å². The molecule has 0 aromatic heterocycles. The van der Waals surface area contributed by atoms with Crippen molar-refractivity contribution in [2.24, 2.45) is 0 Å². The summed E-state index contributed by atoms with van der Waals surface area (Å²) in [6.07, 6.45) is 2.09. The first-order valence-electron chi connectivity index (χ1n) is 8.61. The molecule has 146 valence electrons. The quantitative estimate of drug-likeness (QED) is 0.394. The van der Waals surface area contributed by atoms with Gasteiger partial charge in [0.15, 0.2) is 11.5 Å². The van der Waals surface area contributed by atoms with E-state index in [0.717, 1.165) is 5.56 Å². The number of anilines is 1. The largest absolute Gasteiger partial charge is 0.495 e. The van der Waals surface area contributed by atoms with Crippen molar-refractivity contribution < 1.29 is 19.0 Å². The second-order valence-electron chi connectivity index (χ2n) is 5.72. The fraction of sp³-hybridized carbons (Fsp3) is 0.238. The highest BCUT2D eigenvalue weighted by molar-refractivity contribution is 6.07. The number of hydrogen-bond donors (Lipinski definition) is 2. The summed E-state index contributed by atoms with van der Waals surface area (Å²) in [4.78, 5) is 12.3. The number of para-hydroxylation sites is 2. The molecule has 0 aliphatic carbocycles. The van der Waals surface area contributed by atoms with Gasteiger partial charge in [0, 0.05) is 12.7 Å². The number of hydrogen-bond acceptors (Lipinski definition) is 6. The van der Waals surface area contributed by atoms with Gasteiger partial charge >= 0.3 is 0 Å². The number of amides is 1. The van der Waals surface area contributed by atoms with Crippen LogP contribution in [0.4, 0.5) is 5.69 Å². The van der Waals surface area contributed by atoms with Crippen LogP contribution in [-0.2, 0) is 11.2 Å². The van der Waals surface area contributed by atoms with Crippen molar-refractivity contribution in [2.75, 3.05) is 33.2 Å². The Balaban J connectivity index is 1.94. The van der Waals surface area contributed by atoms with Gasteiger partial charge in [-0.15, -0.1) is 0 Å². The van der Waals surface area contributed by atoms with Crippen LogP contribution in [0.1, 0.15) is 5.56 Å². The number of methoxy groups -OCH3 is 3. The van der Waals surface area contributed by atoms with E-state index in [1.807, 2.05) is 24.3 Å². The predicted molar refractivity (Wildman–Crippen MR) is 107 cm³/mol. The summed E-state index contributed by atoms with van der Waals surface area (Å²) >= 11 is 0. The first-order chi connectivity index (χ1) is 13.6. The van der Waals surface area contributed by atoms with Gasteiger partial charge in [0.05, 0.1) is 27.0 Å². The van der Waals surface area contributed by atoms with Gasteiger partial charge in [0.1, 0.15) is 17.4 Å². The smallest absolute Gasteiger partial charge is 0.267 e. The number of ether oxygens (including phenoxy) is 3. The van der Waals surface area contributed by atoms with Crippen molar-refractivity contribution in [1.29, 1.82) is 5.26 Å². The second kappa shape index (κ2) is 10.5. The SMILES string of the molecule is COc1ccccc1NC(=O)/C(C#N)=C\NCCc1ccc(OC)c(OC)c1. The first-order valence-corrected chi connectivity index (χ1v) is 8.61. The third kappa shape index (κ3) is 5.42. The second-order valence-corrected chi connectivity index (χ2v) is 5.72. The molecule has 0 aliphatic heterocycles. The molecule has 0 unspecified atom stereocenters. The van der Waals surface area contributed by atoms with Crippen LogP contribution in [0.25, 0.3) is 0 Å². The summed E-state index contributed by atoms with van der Waals surface area (Å²) in [5, 5.41) is 14.9. The zero-order chi connectivity index (χ0) is 20.4. The Hall–Kier alpha value is -3.66. The summed E-state index contributed by atoms with van der Waals surface area (Å²) in [6, 6.07) is 14.6. The van der Waals surface area contributed by atoms with E-state index in [0.29, 0.717) is 35.9 Å². The van der Waals surface area contributed by atoms with E-state index in [1.165, 1.54) is 13.3 Å². The average Bonchev–Trinajstić information content (AvgIpc) is 2.73. The maximum absolute atomic E-state index is 12.3. The molecule has 0 radical (unpaired) electrons. The highest BCUT2D eigenvalue weighted by atomic mass is 16.5. The molecule has 0 aliphatic rings. The third-order valence-electron chi connectivity index (χ3n) is 3.97. The van der Waals surface area contributed by atoms with E-state index in [4.69, 9.17) is 14.2 Å². The number of carbonyl (C=O) groups is 1. The lowest BCUT2D eigenvalue weighted by Gasteiger charge is -2.10. The van der Waals surface area contributed by atoms with Crippen molar-refractivity contribution in [1.82, 2.24) is 5.32 Å². The van der Waals surface area contributed by atoms with Crippen LogP contribution in [-0.4, -0.2) is 33.8 Å². The molecule has 0 saturated carbocycles. The third-order valence-corrected chi connectivity index (χ3v) is 3.97. The molecular formula is C21H23N3O4. The molecule has 2 rings (SSSR count). The Labute approximate surface area is 164 Å². The molecule has 0 heterocycles. The van der Waals surface area contributed by atoms with Crippen LogP contribution in [0.2, 0.25) is 0 Å². The molecule has 7 heteroatoms. The van der Waals surface area contributed by atoms with Crippen LogP contribution in [0.5, 0.6) is 17.2 Å². The molecule has 2 aromatic rings. The van der Waals surface area contributed by atoms with Crippen molar-refractivity contribution in [3.8, 4) is 23.3 Å². The maximum atomic E-state index is 12.3. The number of nitrogens with zero attached hydrogens (tertiary/aromatic N) is 1. The first kappa shape index (κ1) is 20.6. The molecule has 1 amide bonds. The molecule has 2 N–H and O–H groups in total. The van der Waals surface area contributed by atoms with Crippen LogP contribution in [0, 0.1) is 11.3 Å². The zero-order valence-corrected chi connectivity index (χ0v) is 16.1. The number of nitrogens with one attached hydrogen (secondary N) is 2. The van der Waals surface area contributed by atoms with E-state index >= 15 is 0 Å². The van der Waals surface area contributed by atoms with Crippen molar-refractivity contribution in [3.63, 3.8) is 0 Å². The van der Waals surface area contributed by atoms with E-state index in [-0.39, 0.29) is 5.57 Å². The maximum Gasteiger partial charge on any atom is 0.267 e. The molecule has 0 bridgehead atoms. The van der Waals surface area contributed by atoms with Crippen LogP contribution in [0.15, 0.2) is 54.2 Å². The number of nitriles is 1. The van der Waals surface area contributed by atoms with Gasteiger partial charge in [-0.25, -0.2) is 0 Å². The monoisotopic (exact) mass is 381 g/mol. The lowest BCUT2D eigenvalue weighted by molar-refractivity contribution is -0.112. The van der Waals surface area contributed by atoms with Gasteiger partial charge in [-0.05, 0) is 36.2 Å². The molecular weight excluding hydrogens is 358 g/mol. The lowest BCUT2D eigenvalue weighted by Crippen LogP contribution is -2.18. The minimum absolute atomic E-state index is 0.0294. The fourth-order valence-corrected chi connectivity index (χ4v) is 2.51. The lowest BCUT2D eigenvalue weighted by atomic mass is 10.1. The Morgan fingerprint density at radius 2 is 1.75 bits per heavy atom. The predicted octanol–water partition coefficient (Wildman–Crippen LogP) is 2.89. The van der Waals surface area contributed by atoms with E-state index in [2.05, 4.69) is 10.6 Å². The van der Waals surface area contributed by atoms with Gasteiger partial charge in [-0.3, -0.25) is 4.79 Å². The molecule has 28 heavy (non-hydrogen) atoms. The number of carbonyl (C=O) groups excluding carboxylic acids is 1. The van der Waals surface area contributed by atoms with Crippen LogP contribution < -0.4 is 24.8 Å². The molecule has 0 atom stereocenters. The molecule has 2 aromatic carbocycles. The van der Waals surface area contributed by atoms with Crippen molar-refractivity contribution in [3.05, 3.63) is 59.8 Å². The summed E-state index contributed by atoms with van der Waals surface area (Å²) < 4.78 is 15.7. The summed E-state index contributed by atoms with van der Waals surface area (Å²) in [5.41, 5.74) is 1.51. The summed E-state index contributed by atoms with van der Waals surface area (Å²) in [7, 11) is 4.69. The highest BCUT2D eigenvalue weighted by Crippen LogP contribution is 2.27. The van der Waals surface area contributed by atoms with Gasteiger partial charge in [0.2, 0.25) is 0 Å². The van der Waals surface area contributed by atoms with Crippen LogP contribution >= 0.6 is 0 Å². The Morgan fingerprint density at radius 3 is 2.43 bits per heavy atom. The van der Waals surface area contributed by atoms with Crippen molar-refractivity contribution in [2.45, 2.75) is 6.42 Å². The Kier molecular flexibility index (Phi) is 7.73. The Bertz CT molecular complexity index is 887. The molecule has 0 spiro atoms. The molecule has 0 saturated heterocycles. The molecule has 0 fully saturated rings. The van der Waals surface area contributed by atoms with Gasteiger partial charge in [0.25, 0.3) is 5.91 Å². The van der Waals surface area contributed by atoms with Gasteiger partial charge in [-0.2, -0.15) is 5.26 Å². The normalized spacial score (nSPS) is 10.6. The summed E-state index contributed by atoms with van der Waals surface area (Å²) in [6.45, 7) is 0.544. The topological polar surface area (TPSA) is 92.6 Å². The highest BCUT2D eigenvalue weighted by Gasteiger charge is 2.11. The molecule has 7 nitrogen and oxygen atoms in total. The minimum Gasteiger partial charge on any atom is -0.495 e. The van der Waals surface area contributed by atoms with Crippen molar-refractivity contribution >= 4 is 11.6 Å². The number of benzene rings is 2. The fourth-order valence-electron chi connectivity index (χ4n) is 2.51.